The topological polar surface area (TPSA) is 55.8 Å². The van der Waals surface area contributed by atoms with Crippen molar-refractivity contribution in [2.45, 2.75) is 32.5 Å². The van der Waals surface area contributed by atoms with E-state index in [1.807, 2.05) is 12.1 Å². The molecule has 0 amide bonds. The molecule has 4 nitrogen and oxygen atoms in total. The molecule has 1 N–H and O–H groups in total. The summed E-state index contributed by atoms with van der Waals surface area (Å²) in [6.07, 6.45) is -0.802. The first-order valence-corrected chi connectivity index (χ1v) is 9.14. The maximum Gasteiger partial charge on any atom is 0.333 e. The fourth-order valence-electron chi connectivity index (χ4n) is 2.34. The minimum atomic E-state index is -0.985. The summed E-state index contributed by atoms with van der Waals surface area (Å²) < 4.78 is 11.1. The molecule has 0 spiro atoms. The van der Waals surface area contributed by atoms with Crippen molar-refractivity contribution in [2.75, 3.05) is 6.61 Å². The van der Waals surface area contributed by atoms with E-state index < -0.39 is 12.1 Å². The van der Waals surface area contributed by atoms with Crippen molar-refractivity contribution in [3.05, 3.63) is 63.6 Å². The zero-order valence-electron chi connectivity index (χ0n) is 15.0. The number of rotatable bonds is 7. The second-order valence-corrected chi connectivity index (χ2v) is 6.92. The average Bonchev–Trinajstić information content (AvgIpc) is 2.59. The van der Waals surface area contributed by atoms with Gasteiger partial charge in [-0.15, -0.1) is 0 Å². The molecule has 6 heteroatoms. The lowest BCUT2D eigenvalue weighted by Crippen LogP contribution is -2.29. The Morgan fingerprint density at radius 2 is 1.96 bits per heavy atom. The highest BCUT2D eigenvalue weighted by molar-refractivity contribution is 6.35. The molecule has 2 aromatic rings. The number of carbonyl (C=O) groups is 1. The maximum atomic E-state index is 11.3. The molecule has 0 aliphatic carbocycles. The number of carboxylic acids is 1. The number of benzene rings is 2. The van der Waals surface area contributed by atoms with Crippen LogP contribution in [0, 0.1) is 11.8 Å². The van der Waals surface area contributed by atoms with Crippen LogP contribution in [0.25, 0.3) is 0 Å². The van der Waals surface area contributed by atoms with Gasteiger partial charge in [-0.05, 0) is 49.7 Å². The number of hydrogen-bond acceptors (Lipinski definition) is 3. The molecule has 1 atom stereocenters. The highest BCUT2D eigenvalue weighted by Crippen LogP contribution is 2.20. The number of hydrogen-bond donors (Lipinski definition) is 1. The molecule has 142 valence electrons. The summed E-state index contributed by atoms with van der Waals surface area (Å²) in [5.41, 5.74) is 1.49. The summed E-state index contributed by atoms with van der Waals surface area (Å²) >= 11 is 11.9. The molecule has 27 heavy (non-hydrogen) atoms. The Labute approximate surface area is 169 Å². The standard InChI is InChI=1S/C21H20Cl2O4/c1-14(2)27-20(21(24)25)12-15-5-3-7-18(11-15)26-10-4-6-16-8-9-17(22)13-19(16)23/h3,5,7-9,11,13-14,20H,10,12H2,1-2H3,(H,24,25). The van der Waals surface area contributed by atoms with Crippen molar-refractivity contribution in [2.24, 2.45) is 0 Å². The lowest BCUT2D eigenvalue weighted by molar-refractivity contribution is -0.153. The smallest absolute Gasteiger partial charge is 0.333 e. The van der Waals surface area contributed by atoms with Crippen molar-refractivity contribution in [1.82, 2.24) is 0 Å². The Hall–Kier alpha value is -2.19. The fraction of sp³-hybridized carbons (Fsp3) is 0.286. The second kappa shape index (κ2) is 10.2. The molecular weight excluding hydrogens is 387 g/mol. The van der Waals surface area contributed by atoms with Crippen molar-refractivity contribution >= 4 is 29.2 Å². The zero-order valence-corrected chi connectivity index (χ0v) is 16.6. The summed E-state index contributed by atoms with van der Waals surface area (Å²) in [7, 11) is 0. The molecule has 2 rings (SSSR count). The van der Waals surface area contributed by atoms with E-state index in [0.29, 0.717) is 21.4 Å². The predicted molar refractivity (Wildman–Crippen MR) is 107 cm³/mol. The van der Waals surface area contributed by atoms with Crippen molar-refractivity contribution < 1.29 is 19.4 Å². The third-order valence-corrected chi connectivity index (χ3v) is 4.04. The molecule has 0 saturated carbocycles. The van der Waals surface area contributed by atoms with E-state index in [9.17, 15) is 9.90 Å². The summed E-state index contributed by atoms with van der Waals surface area (Å²) in [6.45, 7) is 3.79. The van der Waals surface area contributed by atoms with Gasteiger partial charge in [-0.2, -0.15) is 0 Å². The SMILES string of the molecule is CC(C)OC(Cc1cccc(OCC#Cc2ccc(Cl)cc2Cl)c1)C(=O)O. The van der Waals surface area contributed by atoms with Gasteiger partial charge in [0.05, 0.1) is 11.1 Å². The first-order valence-electron chi connectivity index (χ1n) is 8.39. The van der Waals surface area contributed by atoms with Gasteiger partial charge in [0.1, 0.15) is 12.4 Å². The van der Waals surface area contributed by atoms with Crippen LogP contribution in [-0.4, -0.2) is 29.9 Å². The summed E-state index contributed by atoms with van der Waals surface area (Å²) in [5, 5.41) is 10.3. The second-order valence-electron chi connectivity index (χ2n) is 6.08. The van der Waals surface area contributed by atoms with E-state index in [4.69, 9.17) is 32.7 Å². The fourth-order valence-corrected chi connectivity index (χ4v) is 2.80. The quantitative estimate of drug-likeness (QED) is 0.667. The van der Waals surface area contributed by atoms with Crippen LogP contribution in [0.1, 0.15) is 25.0 Å². The van der Waals surface area contributed by atoms with Gasteiger partial charge in [0, 0.05) is 17.0 Å². The number of carboxylic acid groups (broad SMARTS) is 1. The van der Waals surface area contributed by atoms with Crippen LogP contribution in [0.15, 0.2) is 42.5 Å². The van der Waals surface area contributed by atoms with Gasteiger partial charge in [0.25, 0.3) is 0 Å². The number of ether oxygens (including phenoxy) is 2. The Balaban J connectivity index is 1.97. The molecule has 0 aromatic heterocycles. The summed E-state index contributed by atoms with van der Waals surface area (Å²) in [5.74, 6) is 5.45. The highest BCUT2D eigenvalue weighted by atomic mass is 35.5. The van der Waals surface area contributed by atoms with Gasteiger partial charge in [-0.25, -0.2) is 4.79 Å². The molecule has 0 fully saturated rings. The Morgan fingerprint density at radius 1 is 1.19 bits per heavy atom. The first-order chi connectivity index (χ1) is 12.8. The van der Waals surface area contributed by atoms with Crippen LogP contribution in [-0.2, 0) is 16.0 Å². The Kier molecular flexibility index (Phi) is 7.99. The maximum absolute atomic E-state index is 11.3. The van der Waals surface area contributed by atoms with Gasteiger partial charge in [-0.3, -0.25) is 0 Å². The monoisotopic (exact) mass is 406 g/mol. The molecule has 0 aliphatic heterocycles. The number of aliphatic carboxylic acids is 1. The molecule has 0 heterocycles. The van der Waals surface area contributed by atoms with Gasteiger partial charge in [-0.1, -0.05) is 47.2 Å². The van der Waals surface area contributed by atoms with Crippen LogP contribution in [0.5, 0.6) is 5.75 Å². The molecule has 1 unspecified atom stereocenters. The van der Waals surface area contributed by atoms with Crippen molar-refractivity contribution in [1.29, 1.82) is 0 Å². The van der Waals surface area contributed by atoms with E-state index in [0.717, 1.165) is 5.56 Å². The van der Waals surface area contributed by atoms with Crippen molar-refractivity contribution in [3.8, 4) is 17.6 Å². The summed E-state index contributed by atoms with van der Waals surface area (Å²) in [6, 6.07) is 12.3. The molecule has 0 radical (unpaired) electrons. The van der Waals surface area contributed by atoms with E-state index in [1.54, 1.807) is 44.2 Å². The van der Waals surface area contributed by atoms with Crippen LogP contribution >= 0.6 is 23.2 Å². The minimum absolute atomic E-state index is 0.166. The Bertz CT molecular complexity index is 853. The number of halogens is 2. The van der Waals surface area contributed by atoms with Gasteiger partial charge < -0.3 is 14.6 Å². The van der Waals surface area contributed by atoms with Crippen molar-refractivity contribution in [3.63, 3.8) is 0 Å². The normalized spacial score (nSPS) is 11.6. The highest BCUT2D eigenvalue weighted by Gasteiger charge is 2.20. The molecule has 0 bridgehead atoms. The zero-order chi connectivity index (χ0) is 19.8. The van der Waals surface area contributed by atoms with Crippen LogP contribution < -0.4 is 4.74 Å². The first kappa shape index (κ1) is 21.1. The van der Waals surface area contributed by atoms with E-state index >= 15 is 0 Å². The third-order valence-electron chi connectivity index (χ3n) is 3.50. The van der Waals surface area contributed by atoms with E-state index in [-0.39, 0.29) is 19.1 Å². The van der Waals surface area contributed by atoms with Crippen LogP contribution in [0.2, 0.25) is 10.0 Å². The lowest BCUT2D eigenvalue weighted by atomic mass is 10.1. The van der Waals surface area contributed by atoms with Crippen LogP contribution in [0.3, 0.4) is 0 Å². The van der Waals surface area contributed by atoms with Gasteiger partial charge in [0.15, 0.2) is 6.10 Å². The third kappa shape index (κ3) is 7.15. The average molecular weight is 407 g/mol. The van der Waals surface area contributed by atoms with E-state index in [2.05, 4.69) is 11.8 Å². The Morgan fingerprint density at radius 3 is 2.63 bits per heavy atom. The molecule has 0 aliphatic rings. The molecular formula is C21H20Cl2O4. The minimum Gasteiger partial charge on any atom is -0.481 e. The largest absolute Gasteiger partial charge is 0.481 e. The predicted octanol–water partition coefficient (Wildman–Crippen LogP) is 4.84. The molecule has 0 saturated heterocycles. The van der Waals surface area contributed by atoms with Gasteiger partial charge >= 0.3 is 5.97 Å². The van der Waals surface area contributed by atoms with Gasteiger partial charge in [0.2, 0.25) is 0 Å². The molecule has 2 aromatic carbocycles. The van der Waals surface area contributed by atoms with Crippen LogP contribution in [0.4, 0.5) is 0 Å². The van der Waals surface area contributed by atoms with E-state index in [1.165, 1.54) is 0 Å². The lowest BCUT2D eigenvalue weighted by Gasteiger charge is -2.16. The summed E-state index contributed by atoms with van der Waals surface area (Å²) in [4.78, 5) is 11.3.